The summed E-state index contributed by atoms with van der Waals surface area (Å²) < 4.78 is 13.8. The predicted octanol–water partition coefficient (Wildman–Crippen LogP) is 5.14. The first-order valence-corrected chi connectivity index (χ1v) is 13.8. The number of Topliss-reactive ketones (excluding diaryl/α,β-unsaturated/α-hetero) is 1. The van der Waals surface area contributed by atoms with Crippen molar-refractivity contribution in [1.82, 2.24) is 4.90 Å². The molecule has 0 aromatic heterocycles. The van der Waals surface area contributed by atoms with E-state index in [1.165, 1.54) is 17.0 Å². The normalized spacial score (nSPS) is 13.0. The second kappa shape index (κ2) is 12.3. The van der Waals surface area contributed by atoms with Gasteiger partial charge < -0.3 is 15.1 Å². The molecule has 1 N–H and O–H groups in total. The zero-order valence-electron chi connectivity index (χ0n) is 24.1. The molecule has 1 aliphatic rings. The summed E-state index contributed by atoms with van der Waals surface area (Å²) >= 11 is 0. The summed E-state index contributed by atoms with van der Waals surface area (Å²) in [6.45, 7) is 1.40. The van der Waals surface area contributed by atoms with E-state index < -0.39 is 41.9 Å². The van der Waals surface area contributed by atoms with Crippen LogP contribution in [0.4, 0.5) is 21.5 Å². The van der Waals surface area contributed by atoms with Gasteiger partial charge in [-0.25, -0.2) is 4.39 Å². The number of rotatable bonds is 9. The monoisotopic (exact) mass is 578 g/mol. The largest absolute Gasteiger partial charge is 0.378 e. The lowest BCUT2D eigenvalue weighted by molar-refractivity contribution is -0.139. The smallest absolute Gasteiger partial charge is 0.299 e. The van der Waals surface area contributed by atoms with E-state index in [1.54, 1.807) is 60.7 Å². The summed E-state index contributed by atoms with van der Waals surface area (Å²) in [5.41, 5.74) is 4.15. The maximum atomic E-state index is 14.2. The van der Waals surface area contributed by atoms with Gasteiger partial charge in [0.1, 0.15) is 18.4 Å². The van der Waals surface area contributed by atoms with Crippen molar-refractivity contribution in [2.45, 2.75) is 19.5 Å². The van der Waals surface area contributed by atoms with Crippen LogP contribution in [0, 0.1) is 12.7 Å². The van der Waals surface area contributed by atoms with Crippen LogP contribution in [0.2, 0.25) is 0 Å². The average Bonchev–Trinajstić information content (AvgIpc) is 3.23. The standard InChI is InChI=1S/C34H31FN4O4/c1-22-8-12-24(13-9-22)31(33(42)36-26-16-18-27(19-17-26)37(2)3)39(20-23-10-14-25(35)15-11-23)30(40)21-38-29-7-5-4-6-28(29)32(41)34(38)43/h4-19,31H,20-21H2,1-3H3,(H,36,42). The van der Waals surface area contributed by atoms with Crippen molar-refractivity contribution in [2.24, 2.45) is 0 Å². The van der Waals surface area contributed by atoms with Crippen molar-refractivity contribution in [1.29, 1.82) is 0 Å². The van der Waals surface area contributed by atoms with Crippen molar-refractivity contribution < 1.29 is 23.6 Å². The summed E-state index contributed by atoms with van der Waals surface area (Å²) in [6.07, 6.45) is 0. The second-order valence-corrected chi connectivity index (χ2v) is 10.6. The summed E-state index contributed by atoms with van der Waals surface area (Å²) in [5, 5.41) is 2.93. The SMILES string of the molecule is Cc1ccc(C(C(=O)Nc2ccc(N(C)C)cc2)N(Cc2ccc(F)cc2)C(=O)CN2C(=O)C(=O)c3ccccc32)cc1. The molecule has 1 heterocycles. The van der Waals surface area contributed by atoms with Crippen LogP contribution >= 0.6 is 0 Å². The molecular weight excluding hydrogens is 547 g/mol. The molecule has 8 nitrogen and oxygen atoms in total. The number of fused-ring (bicyclic) bond motifs is 1. The number of anilines is 3. The fraction of sp³-hybridized carbons (Fsp3) is 0.176. The number of benzene rings is 4. The molecule has 0 saturated carbocycles. The van der Waals surface area contributed by atoms with Gasteiger partial charge >= 0.3 is 0 Å². The molecule has 5 rings (SSSR count). The van der Waals surface area contributed by atoms with Gasteiger partial charge in [0.2, 0.25) is 5.91 Å². The molecule has 0 bridgehead atoms. The molecule has 4 aromatic rings. The van der Waals surface area contributed by atoms with Crippen LogP contribution < -0.4 is 15.1 Å². The van der Waals surface area contributed by atoms with Crippen LogP contribution in [0.15, 0.2) is 97.1 Å². The van der Waals surface area contributed by atoms with Crippen molar-refractivity contribution in [3.8, 4) is 0 Å². The molecule has 1 aliphatic heterocycles. The van der Waals surface area contributed by atoms with E-state index in [-0.39, 0.29) is 12.1 Å². The number of ketones is 1. The van der Waals surface area contributed by atoms with Crippen LogP contribution in [-0.2, 0) is 20.9 Å². The van der Waals surface area contributed by atoms with Crippen molar-refractivity contribution >= 4 is 40.6 Å². The van der Waals surface area contributed by atoms with E-state index in [0.717, 1.165) is 16.2 Å². The van der Waals surface area contributed by atoms with E-state index >= 15 is 0 Å². The number of nitrogens with zero attached hydrogens (tertiary/aromatic N) is 3. The van der Waals surface area contributed by atoms with Crippen LogP contribution in [0.3, 0.4) is 0 Å². The van der Waals surface area contributed by atoms with Gasteiger partial charge in [0.25, 0.3) is 17.6 Å². The molecule has 0 saturated heterocycles. The Kier molecular flexibility index (Phi) is 8.34. The highest BCUT2D eigenvalue weighted by molar-refractivity contribution is 6.52. The molecule has 1 atom stereocenters. The number of carbonyl (C=O) groups is 4. The number of hydrogen-bond acceptors (Lipinski definition) is 5. The van der Waals surface area contributed by atoms with Crippen LogP contribution in [0.5, 0.6) is 0 Å². The molecule has 0 radical (unpaired) electrons. The number of carbonyl (C=O) groups excluding carboxylic acids is 4. The molecule has 43 heavy (non-hydrogen) atoms. The molecule has 218 valence electrons. The first kappa shape index (κ1) is 29.2. The second-order valence-electron chi connectivity index (χ2n) is 10.6. The first-order valence-electron chi connectivity index (χ1n) is 13.8. The summed E-state index contributed by atoms with van der Waals surface area (Å²) in [7, 11) is 3.83. The minimum absolute atomic E-state index is 0.0533. The molecule has 9 heteroatoms. The van der Waals surface area contributed by atoms with E-state index in [4.69, 9.17) is 0 Å². The zero-order chi connectivity index (χ0) is 30.7. The molecule has 4 aromatic carbocycles. The molecule has 1 unspecified atom stereocenters. The number of para-hydroxylation sites is 1. The van der Waals surface area contributed by atoms with Crippen molar-refractivity contribution in [2.75, 3.05) is 35.8 Å². The van der Waals surface area contributed by atoms with Crippen molar-refractivity contribution in [3.63, 3.8) is 0 Å². The quantitative estimate of drug-likeness (QED) is 0.278. The number of aryl methyl sites for hydroxylation is 1. The van der Waals surface area contributed by atoms with Gasteiger partial charge in [0.15, 0.2) is 0 Å². The Labute approximate surface area is 249 Å². The van der Waals surface area contributed by atoms with Gasteiger partial charge in [0.05, 0.1) is 11.3 Å². The molecule has 3 amide bonds. The minimum atomic E-state index is -1.12. The third-order valence-electron chi connectivity index (χ3n) is 7.36. The number of nitrogens with one attached hydrogen (secondary N) is 1. The summed E-state index contributed by atoms with van der Waals surface area (Å²) in [4.78, 5) is 58.2. The lowest BCUT2D eigenvalue weighted by atomic mass is 10.0. The predicted molar refractivity (Wildman–Crippen MR) is 163 cm³/mol. The van der Waals surface area contributed by atoms with Crippen LogP contribution in [0.25, 0.3) is 0 Å². The molecular formula is C34H31FN4O4. The third-order valence-corrected chi connectivity index (χ3v) is 7.36. The number of hydrogen-bond donors (Lipinski definition) is 1. The van der Waals surface area contributed by atoms with E-state index in [9.17, 15) is 23.6 Å². The van der Waals surface area contributed by atoms with Gasteiger partial charge in [-0.05, 0) is 66.6 Å². The number of halogens is 1. The van der Waals surface area contributed by atoms with Gasteiger partial charge in [-0.1, -0.05) is 54.1 Å². The highest BCUT2D eigenvalue weighted by Gasteiger charge is 2.39. The molecule has 0 aliphatic carbocycles. The lowest BCUT2D eigenvalue weighted by Crippen LogP contribution is -2.46. The lowest BCUT2D eigenvalue weighted by Gasteiger charge is -2.33. The zero-order valence-corrected chi connectivity index (χ0v) is 24.1. The van der Waals surface area contributed by atoms with Crippen LogP contribution in [-0.4, -0.2) is 49.0 Å². The Morgan fingerprint density at radius 1 is 0.860 bits per heavy atom. The maximum absolute atomic E-state index is 14.2. The van der Waals surface area contributed by atoms with Crippen molar-refractivity contribution in [3.05, 3.63) is 125 Å². The first-order chi connectivity index (χ1) is 20.6. The highest BCUT2D eigenvalue weighted by Crippen LogP contribution is 2.31. The molecule has 0 spiro atoms. The minimum Gasteiger partial charge on any atom is -0.378 e. The van der Waals surface area contributed by atoms with Gasteiger partial charge in [0, 0.05) is 32.0 Å². The van der Waals surface area contributed by atoms with Gasteiger partial charge in [-0.2, -0.15) is 0 Å². The Bertz CT molecular complexity index is 1670. The van der Waals surface area contributed by atoms with Crippen LogP contribution in [0.1, 0.15) is 33.1 Å². The maximum Gasteiger partial charge on any atom is 0.299 e. The topological polar surface area (TPSA) is 90.0 Å². The van der Waals surface area contributed by atoms with E-state index in [2.05, 4.69) is 5.32 Å². The Balaban J connectivity index is 1.53. The summed E-state index contributed by atoms with van der Waals surface area (Å²) in [5.74, 6) is -2.98. The molecule has 0 fully saturated rings. The summed E-state index contributed by atoms with van der Waals surface area (Å²) in [6, 6.07) is 25.5. The number of amides is 3. The third kappa shape index (κ3) is 6.30. The Hall–Kier alpha value is -5.31. The van der Waals surface area contributed by atoms with E-state index in [0.29, 0.717) is 22.5 Å². The fourth-order valence-corrected chi connectivity index (χ4v) is 5.02. The van der Waals surface area contributed by atoms with Gasteiger partial charge in [-0.15, -0.1) is 0 Å². The average molecular weight is 579 g/mol. The fourth-order valence-electron chi connectivity index (χ4n) is 5.02. The Morgan fingerprint density at radius 2 is 1.51 bits per heavy atom. The Morgan fingerprint density at radius 3 is 2.16 bits per heavy atom. The highest BCUT2D eigenvalue weighted by atomic mass is 19.1. The van der Waals surface area contributed by atoms with Gasteiger partial charge in [-0.3, -0.25) is 24.1 Å². The van der Waals surface area contributed by atoms with E-state index in [1.807, 2.05) is 50.2 Å².